The van der Waals surface area contributed by atoms with Crippen molar-refractivity contribution >= 4 is 16.0 Å². The summed E-state index contributed by atoms with van der Waals surface area (Å²) in [6.45, 7) is 5.36. The summed E-state index contributed by atoms with van der Waals surface area (Å²) in [5, 5.41) is 8.83. The molecule has 0 aliphatic rings. The summed E-state index contributed by atoms with van der Waals surface area (Å²) in [6, 6.07) is 0.846. The number of aromatic carboxylic acids is 1. The lowest BCUT2D eigenvalue weighted by Gasteiger charge is -2.13. The molecule has 1 aromatic heterocycles. The minimum absolute atomic E-state index is 0.0816. The van der Waals surface area contributed by atoms with Crippen LogP contribution in [0.15, 0.2) is 15.4 Å². The maximum atomic E-state index is 12.2. The number of carboxylic acids is 1. The first-order chi connectivity index (χ1) is 9.77. The van der Waals surface area contributed by atoms with Gasteiger partial charge in [0.2, 0.25) is 15.8 Å². The number of rotatable bonds is 9. The molecule has 1 aromatic rings. The highest BCUT2D eigenvalue weighted by Crippen LogP contribution is 2.20. The van der Waals surface area contributed by atoms with Crippen molar-refractivity contribution in [1.29, 1.82) is 0 Å². The van der Waals surface area contributed by atoms with Crippen LogP contribution >= 0.6 is 0 Å². The van der Waals surface area contributed by atoms with Crippen molar-refractivity contribution in [1.82, 2.24) is 4.72 Å². The van der Waals surface area contributed by atoms with E-state index >= 15 is 0 Å². The molecule has 2 N–H and O–H groups in total. The Bertz CT molecular complexity index is 576. The third-order valence-electron chi connectivity index (χ3n) is 3.22. The van der Waals surface area contributed by atoms with Gasteiger partial charge < -0.3 is 9.52 Å². The van der Waals surface area contributed by atoms with Gasteiger partial charge in [0.05, 0.1) is 0 Å². The molecule has 0 fully saturated rings. The number of aryl methyl sites for hydroxylation is 1. The van der Waals surface area contributed by atoms with Gasteiger partial charge in [-0.3, -0.25) is 0 Å². The van der Waals surface area contributed by atoms with Crippen molar-refractivity contribution in [2.24, 2.45) is 0 Å². The summed E-state index contributed by atoms with van der Waals surface area (Å²) in [4.78, 5) is 10.7. The SMILES string of the molecule is CCCCCCC(C)NS(=O)(=O)c1cc(C(=O)O)oc1C. The van der Waals surface area contributed by atoms with E-state index in [9.17, 15) is 13.2 Å². The Morgan fingerprint density at radius 3 is 2.57 bits per heavy atom. The van der Waals surface area contributed by atoms with Crippen LogP contribution in [0.5, 0.6) is 0 Å². The molecule has 0 bridgehead atoms. The monoisotopic (exact) mass is 317 g/mol. The number of hydrogen-bond donors (Lipinski definition) is 2. The molecule has 0 saturated heterocycles. The molecule has 1 atom stereocenters. The van der Waals surface area contributed by atoms with Crippen molar-refractivity contribution in [2.75, 3.05) is 0 Å². The van der Waals surface area contributed by atoms with Crippen LogP contribution in [0.3, 0.4) is 0 Å². The van der Waals surface area contributed by atoms with E-state index < -0.39 is 16.0 Å². The number of furan rings is 1. The fourth-order valence-electron chi connectivity index (χ4n) is 2.10. The van der Waals surface area contributed by atoms with Crippen LogP contribution in [0, 0.1) is 6.92 Å². The van der Waals surface area contributed by atoms with Crippen molar-refractivity contribution in [2.45, 2.75) is 63.8 Å². The Kier molecular flexibility index (Phi) is 6.42. The summed E-state index contributed by atoms with van der Waals surface area (Å²) < 4.78 is 31.9. The molecule has 1 unspecified atom stereocenters. The van der Waals surface area contributed by atoms with E-state index in [0.29, 0.717) is 0 Å². The van der Waals surface area contributed by atoms with Crippen LogP contribution in [0.4, 0.5) is 0 Å². The topological polar surface area (TPSA) is 96.6 Å². The fraction of sp³-hybridized carbons (Fsp3) is 0.643. The van der Waals surface area contributed by atoms with Crippen molar-refractivity contribution < 1.29 is 22.7 Å². The van der Waals surface area contributed by atoms with Gasteiger partial charge in [0, 0.05) is 12.1 Å². The van der Waals surface area contributed by atoms with Crippen molar-refractivity contribution in [3.63, 3.8) is 0 Å². The molecule has 7 heteroatoms. The molecule has 0 amide bonds. The van der Waals surface area contributed by atoms with E-state index in [1.165, 1.54) is 6.92 Å². The molecular formula is C14H23NO5S. The van der Waals surface area contributed by atoms with Crippen molar-refractivity contribution in [3.05, 3.63) is 17.6 Å². The normalized spacial score (nSPS) is 13.3. The highest BCUT2D eigenvalue weighted by molar-refractivity contribution is 7.89. The third-order valence-corrected chi connectivity index (χ3v) is 4.92. The lowest BCUT2D eigenvalue weighted by atomic mass is 10.1. The average Bonchev–Trinajstić information content (AvgIpc) is 2.77. The van der Waals surface area contributed by atoms with Gasteiger partial charge in [-0.25, -0.2) is 17.9 Å². The molecule has 0 aliphatic heterocycles. The Morgan fingerprint density at radius 2 is 2.05 bits per heavy atom. The molecule has 0 radical (unpaired) electrons. The Morgan fingerprint density at radius 1 is 1.38 bits per heavy atom. The summed E-state index contributed by atoms with van der Waals surface area (Å²) in [5.74, 6) is -1.58. The fourth-order valence-corrected chi connectivity index (χ4v) is 3.56. The van der Waals surface area contributed by atoms with Gasteiger partial charge in [0.25, 0.3) is 0 Å². The zero-order chi connectivity index (χ0) is 16.0. The van der Waals surface area contributed by atoms with Crippen LogP contribution in [0.25, 0.3) is 0 Å². The quantitative estimate of drug-likeness (QED) is 0.683. The first-order valence-corrected chi connectivity index (χ1v) is 8.62. The van der Waals surface area contributed by atoms with E-state index in [4.69, 9.17) is 9.52 Å². The lowest BCUT2D eigenvalue weighted by Crippen LogP contribution is -2.32. The van der Waals surface area contributed by atoms with Crippen LogP contribution in [-0.2, 0) is 10.0 Å². The van der Waals surface area contributed by atoms with Gasteiger partial charge in [-0.15, -0.1) is 0 Å². The lowest BCUT2D eigenvalue weighted by molar-refractivity contribution is 0.0661. The van der Waals surface area contributed by atoms with Crippen LogP contribution in [-0.4, -0.2) is 25.5 Å². The van der Waals surface area contributed by atoms with E-state index in [1.807, 2.05) is 0 Å². The van der Waals surface area contributed by atoms with Crippen molar-refractivity contribution in [3.8, 4) is 0 Å². The molecule has 6 nitrogen and oxygen atoms in total. The number of carboxylic acid groups (broad SMARTS) is 1. The third kappa shape index (κ3) is 5.17. The maximum Gasteiger partial charge on any atom is 0.371 e. The van der Waals surface area contributed by atoms with Gasteiger partial charge in [-0.05, 0) is 20.3 Å². The van der Waals surface area contributed by atoms with E-state index in [2.05, 4.69) is 11.6 Å². The highest BCUT2D eigenvalue weighted by atomic mass is 32.2. The van der Waals surface area contributed by atoms with Gasteiger partial charge in [0.1, 0.15) is 10.7 Å². The van der Waals surface area contributed by atoms with E-state index in [0.717, 1.165) is 38.2 Å². The second kappa shape index (κ2) is 7.61. The smallest absolute Gasteiger partial charge is 0.371 e. The highest BCUT2D eigenvalue weighted by Gasteiger charge is 2.25. The van der Waals surface area contributed by atoms with E-state index in [-0.39, 0.29) is 22.5 Å². The first-order valence-electron chi connectivity index (χ1n) is 7.14. The number of sulfonamides is 1. The Labute approximate surface area is 125 Å². The predicted molar refractivity (Wildman–Crippen MR) is 78.9 cm³/mol. The summed E-state index contributed by atoms with van der Waals surface area (Å²) in [6.07, 6.45) is 5.06. The maximum absolute atomic E-state index is 12.2. The number of hydrogen-bond acceptors (Lipinski definition) is 4. The van der Waals surface area contributed by atoms with Crippen LogP contribution < -0.4 is 4.72 Å². The molecule has 1 rings (SSSR count). The standard InChI is InChI=1S/C14H23NO5S/c1-4-5-6-7-8-10(2)15-21(18,19)13-9-12(14(16)17)20-11(13)3/h9-10,15H,4-8H2,1-3H3,(H,16,17). The minimum Gasteiger partial charge on any atom is -0.475 e. The van der Waals surface area contributed by atoms with Crippen LogP contribution in [0.2, 0.25) is 0 Å². The Balaban J connectivity index is 2.70. The number of unbranched alkanes of at least 4 members (excludes halogenated alkanes) is 3. The summed E-state index contributed by atoms with van der Waals surface area (Å²) in [5.41, 5.74) is 0. The minimum atomic E-state index is -3.75. The zero-order valence-electron chi connectivity index (χ0n) is 12.7. The molecule has 0 aliphatic carbocycles. The van der Waals surface area contributed by atoms with Gasteiger partial charge in [-0.2, -0.15) is 0 Å². The summed E-state index contributed by atoms with van der Waals surface area (Å²) in [7, 11) is -3.75. The molecule has 0 saturated carbocycles. The summed E-state index contributed by atoms with van der Waals surface area (Å²) >= 11 is 0. The van der Waals surface area contributed by atoms with E-state index in [1.54, 1.807) is 6.92 Å². The number of carbonyl (C=O) groups is 1. The number of nitrogens with one attached hydrogen (secondary N) is 1. The predicted octanol–water partition coefficient (Wildman–Crippen LogP) is 2.92. The van der Waals surface area contributed by atoms with Gasteiger partial charge >= 0.3 is 5.97 Å². The first kappa shape index (κ1) is 17.7. The largest absolute Gasteiger partial charge is 0.475 e. The molecule has 1 heterocycles. The molecule has 0 aromatic carbocycles. The molecule has 0 spiro atoms. The zero-order valence-corrected chi connectivity index (χ0v) is 13.5. The van der Waals surface area contributed by atoms with Gasteiger partial charge in [-0.1, -0.05) is 32.6 Å². The van der Waals surface area contributed by atoms with Crippen LogP contribution in [0.1, 0.15) is 62.3 Å². The average molecular weight is 317 g/mol. The Hall–Kier alpha value is -1.34. The second-order valence-electron chi connectivity index (χ2n) is 5.21. The molecular weight excluding hydrogens is 294 g/mol. The molecule has 21 heavy (non-hydrogen) atoms. The van der Waals surface area contributed by atoms with Gasteiger partial charge in [0.15, 0.2) is 0 Å². The molecule has 120 valence electrons. The second-order valence-corrected chi connectivity index (χ2v) is 6.89.